The third-order valence-electron chi connectivity index (χ3n) is 15.2. The number of likely N-dealkylation sites (N-methyl/N-ethyl adjacent to an activating group) is 1. The first-order valence-electron chi connectivity index (χ1n) is 25.2. The average molecular weight is 942 g/mol. The fraction of sp³-hybridized carbons (Fsp3) is 0.647. The molecule has 0 unspecified atom stereocenters. The van der Waals surface area contributed by atoms with E-state index in [2.05, 4.69) is 26.6 Å². The van der Waals surface area contributed by atoms with Crippen LogP contribution in [0.5, 0.6) is 11.5 Å². The number of nitrogens with one attached hydrogen (secondary N) is 5. The van der Waals surface area contributed by atoms with E-state index in [9.17, 15) is 28.8 Å². The molecule has 0 aliphatic carbocycles. The summed E-state index contributed by atoms with van der Waals surface area (Å²) in [6, 6.07) is 7.65. The molecule has 6 amide bonds. The summed E-state index contributed by atoms with van der Waals surface area (Å²) < 4.78 is 24.0. The van der Waals surface area contributed by atoms with Gasteiger partial charge in [-0.15, -0.1) is 0 Å². The summed E-state index contributed by atoms with van der Waals surface area (Å²) in [5, 5.41) is 15.6. The van der Waals surface area contributed by atoms with E-state index < -0.39 is 30.2 Å². The van der Waals surface area contributed by atoms with Gasteiger partial charge in [-0.1, -0.05) is 50.2 Å². The van der Waals surface area contributed by atoms with Gasteiger partial charge in [0.15, 0.2) is 0 Å². The maximum atomic E-state index is 14.3. The molecule has 17 heteroatoms. The van der Waals surface area contributed by atoms with E-state index in [1.54, 1.807) is 23.8 Å². The van der Waals surface area contributed by atoms with E-state index in [0.717, 1.165) is 22.3 Å². The zero-order valence-corrected chi connectivity index (χ0v) is 40.1. The van der Waals surface area contributed by atoms with Gasteiger partial charge in [-0.25, -0.2) is 0 Å². The van der Waals surface area contributed by atoms with E-state index >= 15 is 0 Å². The molecular formula is C51H71N7O10. The fourth-order valence-corrected chi connectivity index (χ4v) is 10.8. The Morgan fingerprint density at radius 3 is 1.47 bits per heavy atom. The molecule has 8 rings (SSSR count). The van der Waals surface area contributed by atoms with Gasteiger partial charge >= 0.3 is 0 Å². The van der Waals surface area contributed by atoms with Gasteiger partial charge in [-0.05, 0) is 83.6 Å². The van der Waals surface area contributed by atoms with Crippen LogP contribution in [0.2, 0.25) is 0 Å². The van der Waals surface area contributed by atoms with Gasteiger partial charge in [0.25, 0.3) is 0 Å². The van der Waals surface area contributed by atoms with Gasteiger partial charge in [0.1, 0.15) is 35.7 Å². The molecule has 8 atom stereocenters. The summed E-state index contributed by atoms with van der Waals surface area (Å²) in [6.07, 6.45) is 6.73. The van der Waals surface area contributed by atoms with Gasteiger partial charge in [0.05, 0.1) is 31.3 Å². The van der Waals surface area contributed by atoms with Crippen molar-refractivity contribution in [3.8, 4) is 22.6 Å². The van der Waals surface area contributed by atoms with Crippen LogP contribution >= 0.6 is 0 Å². The van der Waals surface area contributed by atoms with Crippen LogP contribution < -0.4 is 36.1 Å². The van der Waals surface area contributed by atoms with Crippen molar-refractivity contribution in [3.63, 3.8) is 0 Å². The van der Waals surface area contributed by atoms with Gasteiger partial charge in [-0.2, -0.15) is 0 Å². The molecule has 4 saturated heterocycles. The lowest BCUT2D eigenvalue weighted by Crippen LogP contribution is -2.58. The number of rotatable bonds is 15. The summed E-state index contributed by atoms with van der Waals surface area (Å²) in [5.74, 6) is -0.473. The van der Waals surface area contributed by atoms with Crippen LogP contribution in [0.25, 0.3) is 11.1 Å². The number of amides is 6. The number of para-hydroxylation sites is 2. The fourth-order valence-electron chi connectivity index (χ4n) is 10.8. The molecule has 0 saturated carbocycles. The van der Waals surface area contributed by atoms with Gasteiger partial charge in [0.2, 0.25) is 35.4 Å². The van der Waals surface area contributed by atoms with Crippen molar-refractivity contribution in [3.05, 3.63) is 47.5 Å². The van der Waals surface area contributed by atoms with Crippen LogP contribution in [-0.4, -0.2) is 135 Å². The highest BCUT2D eigenvalue weighted by Gasteiger charge is 2.44. The number of likely N-dealkylation sites (tertiary alicyclic amines) is 2. The summed E-state index contributed by atoms with van der Waals surface area (Å²) >= 11 is 0. The molecule has 17 nitrogen and oxygen atoms in total. The van der Waals surface area contributed by atoms with Crippen LogP contribution in [0.1, 0.15) is 115 Å². The number of fused-ring (bicyclic) bond motifs is 2. The summed E-state index contributed by atoms with van der Waals surface area (Å²) in [7, 11) is 1.70. The first-order chi connectivity index (χ1) is 33.0. The van der Waals surface area contributed by atoms with Crippen molar-refractivity contribution >= 4 is 35.4 Å². The number of benzene rings is 2. The predicted octanol–water partition coefficient (Wildman–Crippen LogP) is 3.69. The standard InChI is InChI=1S/C51H71N7O10/c1-5-30(2)46(59)55-42(32-16-24-65-25-17-32)50(63)57-22-8-14-40(57)48(61)53-38-20-28-67-44-34(10-6-12-36(38)44)35-11-7-13-37-39(21-29-68-45(35)37)54-49(62)41-15-9-23-58(41)51(64)43(33-18-26-66-27-19-33)56-47(60)31(3)52-4/h6-7,10-13,30-33,38-43,52H,5,8-9,14-29H2,1-4H3,(H,53,61)(H,54,62)(H,55,59)(H,56,60)/t30-,31+,38-,39-,40+,41+,42+,43+/m1/s1. The highest BCUT2D eigenvalue weighted by Crippen LogP contribution is 2.47. The summed E-state index contributed by atoms with van der Waals surface area (Å²) in [5.41, 5.74) is 3.22. The minimum atomic E-state index is -0.759. The predicted molar refractivity (Wildman–Crippen MR) is 252 cm³/mol. The third kappa shape index (κ3) is 10.6. The van der Waals surface area contributed by atoms with E-state index in [-0.39, 0.29) is 65.3 Å². The number of hydrogen-bond donors (Lipinski definition) is 5. The Morgan fingerprint density at radius 1 is 0.603 bits per heavy atom. The van der Waals surface area contributed by atoms with E-state index in [0.29, 0.717) is 135 Å². The number of carbonyl (C=O) groups excluding carboxylic acids is 6. The molecule has 68 heavy (non-hydrogen) atoms. The Kier molecular flexibility index (Phi) is 16.2. The molecule has 5 N–H and O–H groups in total. The summed E-state index contributed by atoms with van der Waals surface area (Å²) in [4.78, 5) is 86.8. The van der Waals surface area contributed by atoms with Crippen LogP contribution in [0.3, 0.4) is 0 Å². The molecular weight excluding hydrogens is 871 g/mol. The smallest absolute Gasteiger partial charge is 0.246 e. The van der Waals surface area contributed by atoms with Crippen molar-refractivity contribution in [1.29, 1.82) is 0 Å². The van der Waals surface area contributed by atoms with Crippen LogP contribution in [0.15, 0.2) is 36.4 Å². The number of nitrogens with zero attached hydrogens (tertiary/aromatic N) is 2. The summed E-state index contributed by atoms with van der Waals surface area (Å²) in [6.45, 7) is 9.21. The Labute approximate surface area is 399 Å². The molecule has 0 bridgehead atoms. The number of carbonyl (C=O) groups is 6. The van der Waals surface area contributed by atoms with E-state index in [4.69, 9.17) is 18.9 Å². The molecule has 0 radical (unpaired) electrons. The molecule has 370 valence electrons. The topological polar surface area (TPSA) is 206 Å². The van der Waals surface area contributed by atoms with Crippen LogP contribution in [0, 0.1) is 17.8 Å². The largest absolute Gasteiger partial charge is 0.492 e. The first-order valence-corrected chi connectivity index (χ1v) is 25.2. The Bertz CT molecular complexity index is 2010. The second-order valence-corrected chi connectivity index (χ2v) is 19.4. The minimum Gasteiger partial charge on any atom is -0.492 e. The van der Waals surface area contributed by atoms with Crippen molar-refractivity contribution in [1.82, 2.24) is 36.4 Å². The highest BCUT2D eigenvalue weighted by atomic mass is 16.5. The van der Waals surface area contributed by atoms with Crippen LogP contribution in [0.4, 0.5) is 0 Å². The monoisotopic (exact) mass is 942 g/mol. The molecule has 6 aliphatic heterocycles. The zero-order valence-electron chi connectivity index (χ0n) is 40.1. The number of hydrogen-bond acceptors (Lipinski definition) is 11. The molecule has 0 aromatic heterocycles. The Balaban J connectivity index is 0.970. The van der Waals surface area contributed by atoms with E-state index in [1.807, 2.05) is 50.2 Å². The van der Waals surface area contributed by atoms with Crippen LogP contribution in [-0.2, 0) is 38.2 Å². The van der Waals surface area contributed by atoms with Gasteiger partial charge < -0.3 is 55.3 Å². The number of ether oxygens (including phenoxy) is 4. The quantitative estimate of drug-likeness (QED) is 0.174. The van der Waals surface area contributed by atoms with Gasteiger partial charge in [0, 0.05) is 80.5 Å². The van der Waals surface area contributed by atoms with Gasteiger partial charge in [-0.3, -0.25) is 28.8 Å². The average Bonchev–Trinajstić information content (AvgIpc) is 4.08. The second kappa shape index (κ2) is 22.4. The van der Waals surface area contributed by atoms with Crippen molar-refractivity contribution in [2.24, 2.45) is 17.8 Å². The van der Waals surface area contributed by atoms with Crippen molar-refractivity contribution < 1.29 is 47.7 Å². The molecule has 0 spiro atoms. The molecule has 4 fully saturated rings. The normalized spacial score (nSPS) is 24.8. The Hall–Kier alpha value is -5.26. The zero-order chi connectivity index (χ0) is 47.9. The molecule has 6 aliphatic rings. The lowest BCUT2D eigenvalue weighted by atomic mass is 9.89. The second-order valence-electron chi connectivity index (χ2n) is 19.4. The maximum Gasteiger partial charge on any atom is 0.246 e. The molecule has 2 aromatic carbocycles. The third-order valence-corrected chi connectivity index (χ3v) is 15.2. The van der Waals surface area contributed by atoms with Crippen molar-refractivity contribution in [2.75, 3.05) is 59.8 Å². The lowest BCUT2D eigenvalue weighted by Gasteiger charge is -2.36. The maximum absolute atomic E-state index is 14.3. The minimum absolute atomic E-state index is 0.0727. The molecule has 2 aromatic rings. The van der Waals surface area contributed by atoms with Crippen molar-refractivity contribution in [2.45, 2.75) is 134 Å². The molecule has 6 heterocycles. The SMILES string of the molecule is CC[C@@H](C)C(=O)N[C@H](C(=O)N1CCC[C@H]1C(=O)N[C@@H]1CCOc2c(-c3cccc4c3OCC[C@H]4NC(=O)[C@@H]3CCCN3C(=O)[C@@H](NC(=O)[C@H](C)NC)C3CCOCC3)cccc21)C1CCOCC1. The Morgan fingerprint density at radius 2 is 1.04 bits per heavy atom. The highest BCUT2D eigenvalue weighted by molar-refractivity contribution is 5.95. The van der Waals surface area contributed by atoms with E-state index in [1.165, 1.54) is 0 Å². The first kappa shape index (κ1) is 49.2. The lowest BCUT2D eigenvalue weighted by molar-refractivity contribution is -0.144.